The molecule has 1 aliphatic rings. The fourth-order valence-electron chi connectivity index (χ4n) is 3.97. The second-order valence-corrected chi connectivity index (χ2v) is 18.3. The maximum absolute atomic E-state index is 12.8. The van der Waals surface area contributed by atoms with Crippen LogP contribution >= 0.6 is 0 Å². The predicted octanol–water partition coefficient (Wildman–Crippen LogP) is 5.37. The highest BCUT2D eigenvalue weighted by molar-refractivity contribution is 6.99. The van der Waals surface area contributed by atoms with Crippen LogP contribution in [-0.4, -0.2) is 22.3 Å². The summed E-state index contributed by atoms with van der Waals surface area (Å²) < 4.78 is 2.70. The second-order valence-electron chi connectivity index (χ2n) is 8.25. The summed E-state index contributed by atoms with van der Waals surface area (Å²) in [5, 5.41) is 0. The highest BCUT2D eigenvalue weighted by atomic mass is 28.4. The third kappa shape index (κ3) is 2.60. The lowest BCUT2D eigenvalue weighted by Crippen LogP contribution is -2.59. The Bertz CT molecular complexity index is 771. The molecule has 0 heterocycles. The predicted molar refractivity (Wildman–Crippen MR) is 104 cm³/mol. The summed E-state index contributed by atoms with van der Waals surface area (Å²) >= 11 is 0. The Morgan fingerprint density at radius 2 is 1.22 bits per heavy atom. The van der Waals surface area contributed by atoms with Crippen molar-refractivity contribution in [1.82, 2.24) is 0 Å². The van der Waals surface area contributed by atoms with Gasteiger partial charge in [-0.15, -0.1) is 0 Å². The van der Waals surface area contributed by atoms with Crippen LogP contribution in [-0.2, 0) is 0 Å². The van der Waals surface area contributed by atoms with Crippen molar-refractivity contribution in [3.63, 3.8) is 0 Å². The van der Waals surface area contributed by atoms with Crippen molar-refractivity contribution in [3.8, 4) is 11.1 Å². The molecule has 120 valence electrons. The Morgan fingerprint density at radius 3 is 1.78 bits per heavy atom. The molecule has 0 spiro atoms. The van der Waals surface area contributed by atoms with E-state index in [0.717, 1.165) is 22.3 Å². The van der Waals surface area contributed by atoms with Crippen molar-refractivity contribution in [2.75, 3.05) is 4.23 Å². The highest BCUT2D eigenvalue weighted by Gasteiger charge is 2.38. The van der Waals surface area contributed by atoms with Gasteiger partial charge in [-0.25, -0.2) is 0 Å². The molecule has 4 heteroatoms. The van der Waals surface area contributed by atoms with Gasteiger partial charge in [0, 0.05) is 22.4 Å². The standard InChI is InChI=1S/C19H25NOSi2/c1-22(2,3)20(23(4,5)6)17-13-9-12-16-18(17)14-10-7-8-11-15(14)19(16)21/h7-13H,1-6H3. The number of anilines is 1. The summed E-state index contributed by atoms with van der Waals surface area (Å²) in [4.78, 5) is 12.8. The van der Waals surface area contributed by atoms with E-state index < -0.39 is 16.5 Å². The zero-order chi connectivity index (χ0) is 17.0. The van der Waals surface area contributed by atoms with Crippen LogP contribution in [0.2, 0.25) is 39.3 Å². The zero-order valence-corrected chi connectivity index (χ0v) is 16.9. The van der Waals surface area contributed by atoms with Crippen LogP contribution in [0.3, 0.4) is 0 Å². The average Bonchev–Trinajstić information content (AvgIpc) is 2.71. The topological polar surface area (TPSA) is 20.3 Å². The smallest absolute Gasteiger partial charge is 0.194 e. The molecule has 0 atom stereocenters. The lowest BCUT2D eigenvalue weighted by Gasteiger charge is -2.46. The summed E-state index contributed by atoms with van der Waals surface area (Å²) in [6.07, 6.45) is 0. The van der Waals surface area contributed by atoms with E-state index in [2.05, 4.69) is 55.6 Å². The van der Waals surface area contributed by atoms with Gasteiger partial charge in [0.05, 0.1) is 0 Å². The third-order valence-corrected chi connectivity index (χ3v) is 11.5. The molecule has 0 fully saturated rings. The van der Waals surface area contributed by atoms with Crippen molar-refractivity contribution in [3.05, 3.63) is 53.6 Å². The first-order valence-corrected chi connectivity index (χ1v) is 15.1. The quantitative estimate of drug-likeness (QED) is 0.598. The average molecular weight is 340 g/mol. The van der Waals surface area contributed by atoms with E-state index in [-0.39, 0.29) is 5.78 Å². The molecule has 3 rings (SSSR count). The minimum atomic E-state index is -1.57. The molecular weight excluding hydrogens is 314 g/mol. The van der Waals surface area contributed by atoms with Crippen LogP contribution in [0.5, 0.6) is 0 Å². The molecule has 0 bridgehead atoms. The molecule has 0 saturated carbocycles. The SMILES string of the molecule is C[Si](C)(C)N(c1cccc2c1-c1ccccc1C2=O)[Si](C)(C)C. The number of rotatable bonds is 3. The minimum absolute atomic E-state index is 0.170. The molecule has 0 aliphatic heterocycles. The summed E-state index contributed by atoms with van der Waals surface area (Å²) in [6.45, 7) is 14.4. The maximum Gasteiger partial charge on any atom is 0.194 e. The van der Waals surface area contributed by atoms with Gasteiger partial charge in [-0.05, 0) is 11.6 Å². The number of carbonyl (C=O) groups excluding carboxylic acids is 1. The Kier molecular flexibility index (Phi) is 3.65. The zero-order valence-electron chi connectivity index (χ0n) is 14.9. The fourth-order valence-corrected chi connectivity index (χ4v) is 13.8. The maximum atomic E-state index is 12.8. The van der Waals surface area contributed by atoms with Crippen molar-refractivity contribution >= 4 is 27.9 Å². The van der Waals surface area contributed by atoms with E-state index in [1.165, 1.54) is 5.69 Å². The fraction of sp³-hybridized carbons (Fsp3) is 0.316. The molecule has 0 radical (unpaired) electrons. The molecule has 0 aromatic heterocycles. The summed E-state index contributed by atoms with van der Waals surface area (Å²) in [5.41, 5.74) is 5.23. The monoisotopic (exact) mass is 339 g/mol. The van der Waals surface area contributed by atoms with Crippen LogP contribution < -0.4 is 4.23 Å². The first-order chi connectivity index (χ1) is 10.6. The van der Waals surface area contributed by atoms with E-state index in [9.17, 15) is 4.79 Å². The van der Waals surface area contributed by atoms with E-state index >= 15 is 0 Å². The van der Waals surface area contributed by atoms with Crippen molar-refractivity contribution in [2.24, 2.45) is 0 Å². The molecule has 0 N–H and O–H groups in total. The van der Waals surface area contributed by atoms with Gasteiger partial charge in [0.25, 0.3) is 0 Å². The number of ketones is 1. The molecule has 1 aliphatic carbocycles. The number of hydrogen-bond donors (Lipinski definition) is 0. The lowest BCUT2D eigenvalue weighted by atomic mass is 10.0. The molecule has 0 unspecified atom stereocenters. The third-order valence-electron chi connectivity index (χ3n) is 4.31. The van der Waals surface area contributed by atoms with Gasteiger partial charge in [-0.3, -0.25) is 4.79 Å². The Labute approximate surface area is 141 Å². The first-order valence-electron chi connectivity index (χ1n) is 8.20. The van der Waals surface area contributed by atoms with E-state index in [4.69, 9.17) is 0 Å². The van der Waals surface area contributed by atoms with Crippen molar-refractivity contribution in [2.45, 2.75) is 39.3 Å². The van der Waals surface area contributed by atoms with E-state index in [1.807, 2.05) is 30.3 Å². The van der Waals surface area contributed by atoms with Gasteiger partial charge in [0.2, 0.25) is 0 Å². The number of fused-ring (bicyclic) bond motifs is 3. The largest absolute Gasteiger partial charge is 0.424 e. The van der Waals surface area contributed by atoms with Crippen molar-refractivity contribution in [1.29, 1.82) is 0 Å². The number of nitrogens with zero attached hydrogens (tertiary/aromatic N) is 1. The Morgan fingerprint density at radius 1 is 0.696 bits per heavy atom. The summed E-state index contributed by atoms with van der Waals surface area (Å²) in [6, 6.07) is 14.3. The van der Waals surface area contributed by atoms with Gasteiger partial charge < -0.3 is 4.23 Å². The number of benzene rings is 2. The number of hydrogen-bond acceptors (Lipinski definition) is 2. The molecule has 2 nitrogen and oxygen atoms in total. The molecule has 23 heavy (non-hydrogen) atoms. The normalized spacial score (nSPS) is 13.7. The molecule has 2 aromatic rings. The molecule has 0 saturated heterocycles. The van der Waals surface area contributed by atoms with Gasteiger partial charge in [0.1, 0.15) is 16.5 Å². The highest BCUT2D eigenvalue weighted by Crippen LogP contribution is 2.45. The Balaban J connectivity index is 2.32. The van der Waals surface area contributed by atoms with Crippen LogP contribution in [0.25, 0.3) is 11.1 Å². The molecule has 2 aromatic carbocycles. The van der Waals surface area contributed by atoms with Gasteiger partial charge in [-0.1, -0.05) is 75.7 Å². The van der Waals surface area contributed by atoms with E-state index in [0.29, 0.717) is 0 Å². The van der Waals surface area contributed by atoms with Crippen LogP contribution in [0.1, 0.15) is 15.9 Å². The van der Waals surface area contributed by atoms with Gasteiger partial charge >= 0.3 is 0 Å². The van der Waals surface area contributed by atoms with Gasteiger partial charge in [-0.2, -0.15) is 0 Å². The number of carbonyl (C=O) groups is 1. The first kappa shape index (κ1) is 16.2. The Hall–Kier alpha value is -1.66. The van der Waals surface area contributed by atoms with Crippen molar-refractivity contribution < 1.29 is 4.79 Å². The lowest BCUT2D eigenvalue weighted by molar-refractivity contribution is 0.104. The molecule has 0 amide bonds. The summed E-state index contributed by atoms with van der Waals surface area (Å²) in [5.74, 6) is 0.170. The second kappa shape index (κ2) is 5.18. The minimum Gasteiger partial charge on any atom is -0.424 e. The van der Waals surface area contributed by atoms with Crippen LogP contribution in [0, 0.1) is 0 Å². The molecular formula is C19H25NOSi2. The van der Waals surface area contributed by atoms with E-state index in [1.54, 1.807) is 0 Å². The summed E-state index contributed by atoms with van der Waals surface area (Å²) in [7, 11) is -3.13. The van der Waals surface area contributed by atoms with Crippen LogP contribution in [0.15, 0.2) is 42.5 Å². The van der Waals surface area contributed by atoms with Gasteiger partial charge in [0.15, 0.2) is 5.78 Å². The van der Waals surface area contributed by atoms with Crippen LogP contribution in [0.4, 0.5) is 5.69 Å².